The van der Waals surface area contributed by atoms with Crippen LogP contribution in [0.5, 0.6) is 0 Å². The maximum atomic E-state index is 2.48. The van der Waals surface area contributed by atoms with Crippen LogP contribution < -0.4 is 0 Å². The van der Waals surface area contributed by atoms with Crippen molar-refractivity contribution >= 4 is 43.6 Å². The van der Waals surface area contributed by atoms with Crippen LogP contribution in [0.25, 0.3) is 99.5 Å². The van der Waals surface area contributed by atoms with Crippen molar-refractivity contribution in [3.05, 3.63) is 217 Å². The molecule has 0 bridgehead atoms. The summed E-state index contributed by atoms with van der Waals surface area (Å²) < 4.78 is 4.88. The predicted octanol–water partition coefficient (Wildman–Crippen LogP) is 14.5. The number of hydrogen-bond acceptors (Lipinski definition) is 0. The summed E-state index contributed by atoms with van der Waals surface area (Å²) in [5, 5.41) is 5.06. The van der Waals surface area contributed by atoms with Crippen LogP contribution in [0.1, 0.15) is 11.1 Å². The Hall–Kier alpha value is -7.42. The van der Waals surface area contributed by atoms with Crippen LogP contribution in [0.4, 0.5) is 0 Å². The van der Waals surface area contributed by atoms with E-state index >= 15 is 0 Å². The van der Waals surface area contributed by atoms with Gasteiger partial charge in [0, 0.05) is 32.9 Å². The highest BCUT2D eigenvalue weighted by Crippen LogP contribution is 2.44. The second kappa shape index (κ2) is 12.6. The van der Waals surface area contributed by atoms with Gasteiger partial charge < -0.3 is 9.13 Å². The average Bonchev–Trinajstić information content (AvgIpc) is 3.93. The van der Waals surface area contributed by atoms with Gasteiger partial charge in [0.05, 0.1) is 22.1 Å². The summed E-state index contributed by atoms with van der Waals surface area (Å²) in [7, 11) is 0. The molecule has 2 aromatic heterocycles. The van der Waals surface area contributed by atoms with Gasteiger partial charge in [-0.15, -0.1) is 0 Å². The van der Waals surface area contributed by atoms with Crippen LogP contribution >= 0.6 is 0 Å². The zero-order valence-corrected chi connectivity index (χ0v) is 31.2. The van der Waals surface area contributed by atoms with E-state index in [4.69, 9.17) is 0 Å². The first-order valence-electron chi connectivity index (χ1n) is 19.8. The summed E-state index contributed by atoms with van der Waals surface area (Å²) in [6.45, 7) is 0. The topological polar surface area (TPSA) is 9.86 Å². The first-order chi connectivity index (χ1) is 28.2. The van der Waals surface area contributed by atoms with Crippen LogP contribution in [-0.4, -0.2) is 9.13 Å². The molecule has 2 heteroatoms. The molecule has 0 saturated heterocycles. The summed E-state index contributed by atoms with van der Waals surface area (Å²) in [4.78, 5) is 0. The number of nitrogens with zero attached hydrogens (tertiary/aromatic N) is 2. The molecule has 0 N–H and O–H groups in total. The molecule has 2 nitrogen and oxygen atoms in total. The number of fused-ring (bicyclic) bond motifs is 9. The molecule has 1 aliphatic carbocycles. The fourth-order valence-corrected chi connectivity index (χ4v) is 9.43. The fraction of sp³-hybridized carbons (Fsp3) is 0.0182. The maximum Gasteiger partial charge on any atom is 0.0544 e. The van der Waals surface area contributed by atoms with Gasteiger partial charge in [0.25, 0.3) is 0 Å². The number of rotatable bonds is 5. The van der Waals surface area contributed by atoms with Gasteiger partial charge in [0.15, 0.2) is 0 Å². The van der Waals surface area contributed by atoms with Gasteiger partial charge in [-0.3, -0.25) is 0 Å². The van der Waals surface area contributed by atoms with Crippen molar-refractivity contribution in [3.63, 3.8) is 0 Å². The molecular weight excluding hydrogens is 689 g/mol. The lowest BCUT2D eigenvalue weighted by Crippen LogP contribution is -1.95. The molecule has 0 amide bonds. The van der Waals surface area contributed by atoms with E-state index < -0.39 is 0 Å². The molecule has 0 unspecified atom stereocenters. The monoisotopic (exact) mass is 724 g/mol. The molecule has 0 radical (unpaired) electrons. The molecule has 0 fully saturated rings. The third-order valence-corrected chi connectivity index (χ3v) is 12.1. The van der Waals surface area contributed by atoms with Crippen molar-refractivity contribution in [2.24, 2.45) is 0 Å². The lowest BCUT2D eigenvalue weighted by molar-refractivity contribution is 1.17. The maximum absolute atomic E-state index is 2.48. The largest absolute Gasteiger partial charge is 0.309 e. The van der Waals surface area contributed by atoms with Crippen molar-refractivity contribution in [1.29, 1.82) is 0 Å². The fourth-order valence-electron chi connectivity index (χ4n) is 9.43. The average molecular weight is 725 g/mol. The van der Waals surface area contributed by atoms with Crippen LogP contribution in [0.3, 0.4) is 0 Å². The number of aromatic nitrogens is 2. The molecule has 0 spiro atoms. The molecule has 57 heavy (non-hydrogen) atoms. The highest BCUT2D eigenvalue weighted by Gasteiger charge is 2.23. The molecule has 0 atom stereocenters. The minimum atomic E-state index is 0.961. The first kappa shape index (κ1) is 31.9. The van der Waals surface area contributed by atoms with E-state index in [0.717, 1.165) is 12.1 Å². The van der Waals surface area contributed by atoms with Crippen molar-refractivity contribution < 1.29 is 0 Å². The first-order valence-corrected chi connectivity index (χ1v) is 19.8. The summed E-state index contributed by atoms with van der Waals surface area (Å²) in [6.07, 6.45) is 0.961. The Morgan fingerprint density at radius 1 is 0.263 bits per heavy atom. The predicted molar refractivity (Wildman–Crippen MR) is 240 cm³/mol. The van der Waals surface area contributed by atoms with Crippen molar-refractivity contribution in [3.8, 4) is 55.9 Å². The van der Waals surface area contributed by atoms with Gasteiger partial charge in [0.1, 0.15) is 0 Å². The Morgan fingerprint density at radius 3 is 1.54 bits per heavy atom. The van der Waals surface area contributed by atoms with E-state index in [9.17, 15) is 0 Å². The van der Waals surface area contributed by atoms with E-state index in [1.807, 2.05) is 0 Å². The van der Waals surface area contributed by atoms with Gasteiger partial charge in [-0.1, -0.05) is 140 Å². The second-order valence-corrected chi connectivity index (χ2v) is 15.3. The highest BCUT2D eigenvalue weighted by atomic mass is 15.0. The number of para-hydroxylation sites is 1. The normalized spacial score (nSPS) is 12.1. The van der Waals surface area contributed by atoms with E-state index in [2.05, 4.69) is 215 Å². The molecule has 2 heterocycles. The van der Waals surface area contributed by atoms with Gasteiger partial charge >= 0.3 is 0 Å². The van der Waals surface area contributed by atoms with Gasteiger partial charge in [-0.2, -0.15) is 0 Å². The molecule has 9 aromatic carbocycles. The van der Waals surface area contributed by atoms with Gasteiger partial charge in [-0.25, -0.2) is 0 Å². The highest BCUT2D eigenvalue weighted by molar-refractivity contribution is 6.14. The second-order valence-electron chi connectivity index (χ2n) is 15.3. The zero-order chi connectivity index (χ0) is 37.5. The number of benzene rings is 9. The number of hydrogen-bond donors (Lipinski definition) is 0. The standard InChI is InChI=1S/C55H36N2/c1-3-12-36(13-4-1)38-22-26-44(27-23-38)56-52-21-10-9-20-47(52)49-32-40(24-28-53(49)56)41-25-29-54-50(33-41)51-35-48-43(30-42-16-7-8-19-46(42)48)34-55(51)57(54)45-18-11-17-39(31-45)37-14-5-2-6-15-37/h1-29,31-35H,30H2. The molecule has 266 valence electrons. The Balaban J connectivity index is 1.03. The third kappa shape index (κ3) is 5.04. The van der Waals surface area contributed by atoms with Crippen molar-refractivity contribution in [2.45, 2.75) is 6.42 Å². The summed E-state index contributed by atoms with van der Waals surface area (Å²) >= 11 is 0. The van der Waals surface area contributed by atoms with Crippen molar-refractivity contribution in [2.75, 3.05) is 0 Å². The van der Waals surface area contributed by atoms with Gasteiger partial charge in [0.2, 0.25) is 0 Å². The smallest absolute Gasteiger partial charge is 0.0544 e. The lowest BCUT2D eigenvalue weighted by atomic mass is 9.99. The molecule has 0 aliphatic heterocycles. The Bertz CT molecular complexity index is 3350. The Labute approximate surface area is 331 Å². The quantitative estimate of drug-likeness (QED) is 0.167. The van der Waals surface area contributed by atoms with E-state index in [0.29, 0.717) is 0 Å². The van der Waals surface area contributed by atoms with E-state index in [1.165, 1.54) is 105 Å². The molecule has 0 saturated carbocycles. The van der Waals surface area contributed by atoms with Gasteiger partial charge in [-0.05, 0) is 129 Å². The molecule has 1 aliphatic rings. The SMILES string of the molecule is c1ccc(-c2ccc(-n3c4ccccc4c4cc(-c5ccc6c(c5)c5cc7c(cc5n6-c5cccc(-c6ccccc6)c5)Cc5ccccc5-7)ccc43)cc2)cc1. The summed E-state index contributed by atoms with van der Waals surface area (Å²) in [6, 6.07) is 75.9. The minimum Gasteiger partial charge on any atom is -0.309 e. The van der Waals surface area contributed by atoms with E-state index in [-0.39, 0.29) is 0 Å². The Kier molecular flexibility index (Phi) is 7.02. The minimum absolute atomic E-state index is 0.961. The van der Waals surface area contributed by atoms with Crippen LogP contribution in [-0.2, 0) is 6.42 Å². The van der Waals surface area contributed by atoms with Crippen LogP contribution in [0.15, 0.2) is 206 Å². The third-order valence-electron chi connectivity index (χ3n) is 12.1. The van der Waals surface area contributed by atoms with Crippen LogP contribution in [0, 0.1) is 0 Å². The molecule has 11 aromatic rings. The summed E-state index contributed by atoms with van der Waals surface area (Å²) in [5.74, 6) is 0. The molecular formula is C55H36N2. The summed E-state index contributed by atoms with van der Waals surface area (Å²) in [5.41, 5.74) is 20.0. The molecule has 12 rings (SSSR count). The lowest BCUT2D eigenvalue weighted by Gasteiger charge is -2.11. The zero-order valence-electron chi connectivity index (χ0n) is 31.2. The van der Waals surface area contributed by atoms with E-state index in [1.54, 1.807) is 0 Å². The Morgan fingerprint density at radius 2 is 0.789 bits per heavy atom. The van der Waals surface area contributed by atoms with Crippen LogP contribution in [0.2, 0.25) is 0 Å². The van der Waals surface area contributed by atoms with Crippen molar-refractivity contribution in [1.82, 2.24) is 9.13 Å².